The van der Waals surface area contributed by atoms with Gasteiger partial charge in [0.25, 0.3) is 0 Å². The lowest BCUT2D eigenvalue weighted by atomic mass is 10.0. The van der Waals surface area contributed by atoms with Gasteiger partial charge < -0.3 is 10.1 Å². The fourth-order valence-corrected chi connectivity index (χ4v) is 3.88. The number of carbonyl (C=O) groups is 2. The maximum absolute atomic E-state index is 14.2. The van der Waals surface area contributed by atoms with Crippen LogP contribution in [0.4, 0.5) is 10.1 Å². The van der Waals surface area contributed by atoms with Crippen molar-refractivity contribution in [2.24, 2.45) is 5.92 Å². The van der Waals surface area contributed by atoms with E-state index in [1.807, 2.05) is 20.8 Å². The van der Waals surface area contributed by atoms with Crippen molar-refractivity contribution >= 4 is 40.9 Å². The molecule has 0 spiro atoms. The van der Waals surface area contributed by atoms with Crippen LogP contribution in [-0.2, 0) is 14.3 Å². The van der Waals surface area contributed by atoms with Gasteiger partial charge in [0.05, 0.1) is 17.8 Å². The van der Waals surface area contributed by atoms with Gasteiger partial charge in [-0.15, -0.1) is 11.8 Å². The molecule has 0 heterocycles. The largest absolute Gasteiger partial charge is 0.468 e. The molecule has 1 amide bonds. The zero-order valence-corrected chi connectivity index (χ0v) is 16.6. The number of benzene rings is 1. The predicted octanol–water partition coefficient (Wildman–Crippen LogP) is 5.29. The van der Waals surface area contributed by atoms with Gasteiger partial charge in [-0.3, -0.25) is 9.59 Å². The van der Waals surface area contributed by atoms with Crippen LogP contribution in [0.3, 0.4) is 0 Å². The third-order valence-corrected chi connectivity index (χ3v) is 5.65. The molecular weight excluding hydrogens is 365 g/mol. The lowest BCUT2D eigenvalue weighted by Gasteiger charge is -2.17. The van der Waals surface area contributed by atoms with Crippen molar-refractivity contribution in [3.8, 4) is 0 Å². The highest BCUT2D eigenvalue weighted by atomic mass is 35.5. The lowest BCUT2D eigenvalue weighted by Crippen LogP contribution is -2.22. The summed E-state index contributed by atoms with van der Waals surface area (Å²) in [5.41, 5.74) is 0.0731. The summed E-state index contributed by atoms with van der Waals surface area (Å²) >= 11 is 7.34. The van der Waals surface area contributed by atoms with E-state index in [-0.39, 0.29) is 28.5 Å². The summed E-state index contributed by atoms with van der Waals surface area (Å²) in [6.07, 6.45) is 2.77. The number of rotatable bonds is 9. The molecule has 4 nitrogen and oxygen atoms in total. The lowest BCUT2D eigenvalue weighted by molar-refractivity contribution is -0.140. The number of thioether (sulfide) groups is 1. The van der Waals surface area contributed by atoms with Crippen LogP contribution < -0.4 is 5.32 Å². The van der Waals surface area contributed by atoms with Crippen LogP contribution in [0.15, 0.2) is 17.0 Å². The predicted molar refractivity (Wildman–Crippen MR) is 101 cm³/mol. The third-order valence-electron chi connectivity index (χ3n) is 3.92. The minimum atomic E-state index is -0.598. The molecule has 7 heteroatoms. The number of methoxy groups -OCH3 is 1. The van der Waals surface area contributed by atoms with E-state index in [1.165, 1.54) is 24.9 Å². The molecule has 0 aromatic heterocycles. The highest BCUT2D eigenvalue weighted by molar-refractivity contribution is 8.00. The Morgan fingerprint density at radius 1 is 1.28 bits per heavy atom. The van der Waals surface area contributed by atoms with Crippen molar-refractivity contribution in [3.05, 3.63) is 23.0 Å². The van der Waals surface area contributed by atoms with Crippen LogP contribution in [0.25, 0.3) is 0 Å². The first-order chi connectivity index (χ1) is 11.9. The Hall–Kier alpha value is -1.27. The van der Waals surface area contributed by atoms with Crippen molar-refractivity contribution in [2.75, 3.05) is 12.4 Å². The second-order valence-corrected chi connectivity index (χ2v) is 7.34. The van der Waals surface area contributed by atoms with Crippen molar-refractivity contribution in [3.63, 3.8) is 0 Å². The summed E-state index contributed by atoms with van der Waals surface area (Å²) in [4.78, 5) is 24.6. The maximum atomic E-state index is 14.2. The molecule has 0 saturated carbocycles. The second kappa shape index (κ2) is 10.7. The SMILES string of the molecule is CCCC(Sc1cc(NC(=O)C(CC)CC)c(F)cc1Cl)C(=O)OC. The number of anilines is 1. The smallest absolute Gasteiger partial charge is 0.319 e. The number of nitrogens with one attached hydrogen (secondary N) is 1. The Balaban J connectivity index is 3.05. The van der Waals surface area contributed by atoms with E-state index < -0.39 is 11.1 Å². The number of ether oxygens (including phenoxy) is 1. The zero-order chi connectivity index (χ0) is 19.0. The monoisotopic (exact) mass is 389 g/mol. The van der Waals surface area contributed by atoms with Gasteiger partial charge >= 0.3 is 5.97 Å². The highest BCUT2D eigenvalue weighted by Gasteiger charge is 2.23. The highest BCUT2D eigenvalue weighted by Crippen LogP contribution is 2.36. The molecule has 25 heavy (non-hydrogen) atoms. The molecule has 140 valence electrons. The van der Waals surface area contributed by atoms with Crippen LogP contribution >= 0.6 is 23.4 Å². The van der Waals surface area contributed by atoms with Crippen LogP contribution in [0.1, 0.15) is 46.5 Å². The Kier molecular flexibility index (Phi) is 9.28. The van der Waals surface area contributed by atoms with Gasteiger partial charge in [0.15, 0.2) is 0 Å². The number of hydrogen-bond donors (Lipinski definition) is 1. The maximum Gasteiger partial charge on any atom is 0.319 e. The number of halogens is 2. The van der Waals surface area contributed by atoms with Crippen LogP contribution in [0.2, 0.25) is 5.02 Å². The normalized spacial score (nSPS) is 12.1. The van der Waals surface area contributed by atoms with E-state index >= 15 is 0 Å². The molecule has 1 aromatic rings. The van der Waals surface area contributed by atoms with Gasteiger partial charge in [-0.2, -0.15) is 0 Å². The Labute approximate surface area is 157 Å². The van der Waals surface area contributed by atoms with Crippen LogP contribution in [-0.4, -0.2) is 24.2 Å². The summed E-state index contributed by atoms with van der Waals surface area (Å²) in [5.74, 6) is -1.34. The van der Waals surface area contributed by atoms with E-state index in [4.69, 9.17) is 16.3 Å². The van der Waals surface area contributed by atoms with E-state index in [9.17, 15) is 14.0 Å². The average molecular weight is 390 g/mol. The fraction of sp³-hybridized carbons (Fsp3) is 0.556. The zero-order valence-electron chi connectivity index (χ0n) is 15.0. The van der Waals surface area contributed by atoms with Gasteiger partial charge in [0.2, 0.25) is 5.91 Å². The minimum absolute atomic E-state index is 0.0731. The number of carbonyl (C=O) groups excluding carboxylic acids is 2. The average Bonchev–Trinajstić information content (AvgIpc) is 2.58. The van der Waals surface area contributed by atoms with Crippen molar-refractivity contribution in [1.29, 1.82) is 0 Å². The molecule has 1 aromatic carbocycles. The van der Waals surface area contributed by atoms with Crippen molar-refractivity contribution in [2.45, 2.75) is 56.6 Å². The second-order valence-electron chi connectivity index (χ2n) is 5.68. The van der Waals surface area contributed by atoms with Crippen LogP contribution in [0.5, 0.6) is 0 Å². The van der Waals surface area contributed by atoms with E-state index in [0.29, 0.717) is 24.2 Å². The number of amides is 1. The quantitative estimate of drug-likeness (QED) is 0.460. The first-order valence-electron chi connectivity index (χ1n) is 8.42. The fourth-order valence-electron chi connectivity index (χ4n) is 2.38. The molecule has 0 aliphatic carbocycles. The molecule has 1 unspecified atom stereocenters. The van der Waals surface area contributed by atoms with Crippen molar-refractivity contribution < 1.29 is 18.7 Å². The Morgan fingerprint density at radius 2 is 1.92 bits per heavy atom. The summed E-state index contributed by atoms with van der Waals surface area (Å²) < 4.78 is 19.0. The first-order valence-corrected chi connectivity index (χ1v) is 9.67. The summed E-state index contributed by atoms with van der Waals surface area (Å²) in [6.45, 7) is 5.79. The minimum Gasteiger partial charge on any atom is -0.468 e. The summed E-state index contributed by atoms with van der Waals surface area (Å²) in [5, 5.41) is 2.40. The standard InChI is InChI=1S/C18H25ClFNO3S/c1-5-8-15(18(23)24-4)25-16-10-14(13(20)9-12(16)19)21-17(22)11(6-2)7-3/h9-11,15H,5-8H2,1-4H3,(H,21,22). The van der Waals surface area contributed by atoms with Crippen molar-refractivity contribution in [1.82, 2.24) is 0 Å². The van der Waals surface area contributed by atoms with E-state index in [2.05, 4.69) is 5.32 Å². The van der Waals surface area contributed by atoms with Gasteiger partial charge in [0.1, 0.15) is 11.1 Å². The Morgan fingerprint density at radius 3 is 2.44 bits per heavy atom. The van der Waals surface area contributed by atoms with Crippen LogP contribution in [0, 0.1) is 11.7 Å². The van der Waals surface area contributed by atoms with E-state index in [1.54, 1.807) is 0 Å². The topological polar surface area (TPSA) is 55.4 Å². The molecular formula is C18H25ClFNO3S. The molecule has 0 aliphatic rings. The van der Waals surface area contributed by atoms with Gasteiger partial charge in [0, 0.05) is 10.8 Å². The first kappa shape index (κ1) is 21.8. The molecule has 0 bridgehead atoms. The van der Waals surface area contributed by atoms with Gasteiger partial charge in [-0.25, -0.2) is 4.39 Å². The molecule has 0 radical (unpaired) electrons. The molecule has 1 atom stereocenters. The molecule has 0 fully saturated rings. The van der Waals surface area contributed by atoms with E-state index in [0.717, 1.165) is 12.5 Å². The Bertz CT molecular complexity index is 608. The summed E-state index contributed by atoms with van der Waals surface area (Å²) in [6, 6.07) is 2.64. The summed E-state index contributed by atoms with van der Waals surface area (Å²) in [7, 11) is 1.33. The van der Waals surface area contributed by atoms with Gasteiger partial charge in [-0.05, 0) is 31.4 Å². The number of esters is 1. The molecule has 0 aliphatic heterocycles. The third kappa shape index (κ3) is 6.19. The molecule has 1 N–H and O–H groups in total. The molecule has 1 rings (SSSR count). The number of hydrogen-bond acceptors (Lipinski definition) is 4. The van der Waals surface area contributed by atoms with Gasteiger partial charge in [-0.1, -0.05) is 38.8 Å². The molecule has 0 saturated heterocycles.